The van der Waals surface area contributed by atoms with Crippen molar-refractivity contribution < 1.29 is 8.78 Å². The second-order valence-corrected chi connectivity index (χ2v) is 4.25. The van der Waals surface area contributed by atoms with Gasteiger partial charge in [0.1, 0.15) is 11.6 Å². The lowest BCUT2D eigenvalue weighted by atomic mass is 10.1. The largest absolute Gasteiger partial charge is 0.354 e. The van der Waals surface area contributed by atoms with Crippen LogP contribution in [0.4, 0.5) is 14.7 Å². The van der Waals surface area contributed by atoms with E-state index < -0.39 is 11.6 Å². The van der Waals surface area contributed by atoms with Crippen molar-refractivity contribution >= 4 is 5.95 Å². The zero-order valence-electron chi connectivity index (χ0n) is 10.9. The molecule has 2 rings (SSSR count). The third-order valence-electron chi connectivity index (χ3n) is 2.73. The zero-order chi connectivity index (χ0) is 13.8. The number of aryl methyl sites for hydroxylation is 1. The van der Waals surface area contributed by atoms with Gasteiger partial charge >= 0.3 is 0 Å². The Morgan fingerprint density at radius 2 is 2.00 bits per heavy atom. The molecule has 1 N–H and O–H groups in total. The van der Waals surface area contributed by atoms with E-state index in [1.165, 1.54) is 24.4 Å². The third-order valence-corrected chi connectivity index (χ3v) is 2.73. The molecule has 0 aliphatic heterocycles. The van der Waals surface area contributed by atoms with Crippen LogP contribution in [0.25, 0.3) is 11.3 Å². The molecule has 0 saturated carbocycles. The summed E-state index contributed by atoms with van der Waals surface area (Å²) in [4.78, 5) is 8.16. The number of hydrogen-bond donors (Lipinski definition) is 1. The zero-order valence-corrected chi connectivity index (χ0v) is 10.9. The average molecular weight is 263 g/mol. The van der Waals surface area contributed by atoms with E-state index in [1.807, 2.05) is 6.92 Å². The van der Waals surface area contributed by atoms with Gasteiger partial charge in [-0.3, -0.25) is 0 Å². The number of anilines is 1. The van der Waals surface area contributed by atoms with Crippen molar-refractivity contribution in [3.05, 3.63) is 41.6 Å². The molecule has 0 unspecified atom stereocenters. The summed E-state index contributed by atoms with van der Waals surface area (Å²) in [5.41, 5.74) is 0.521. The highest BCUT2D eigenvalue weighted by molar-refractivity contribution is 5.62. The van der Waals surface area contributed by atoms with E-state index in [9.17, 15) is 8.78 Å². The summed E-state index contributed by atoms with van der Waals surface area (Å²) in [5.74, 6) is -0.831. The monoisotopic (exact) mass is 263 g/mol. The number of nitrogens with one attached hydrogen (secondary N) is 1. The van der Waals surface area contributed by atoms with Gasteiger partial charge in [-0.25, -0.2) is 18.7 Å². The summed E-state index contributed by atoms with van der Waals surface area (Å²) in [6.45, 7) is 4.31. The van der Waals surface area contributed by atoms with Gasteiger partial charge in [-0.2, -0.15) is 0 Å². The van der Waals surface area contributed by atoms with Crippen LogP contribution < -0.4 is 5.32 Å². The van der Waals surface area contributed by atoms with E-state index >= 15 is 0 Å². The predicted octanol–water partition coefficient (Wildman–Crippen LogP) is 3.55. The first-order chi connectivity index (χ1) is 9.13. The van der Waals surface area contributed by atoms with Crippen molar-refractivity contribution in [3.8, 4) is 11.3 Å². The van der Waals surface area contributed by atoms with Gasteiger partial charge in [-0.15, -0.1) is 0 Å². The lowest BCUT2D eigenvalue weighted by Gasteiger charge is -2.08. The summed E-state index contributed by atoms with van der Waals surface area (Å²) in [5, 5.41) is 2.99. The molecule has 0 saturated heterocycles. The predicted molar refractivity (Wildman–Crippen MR) is 70.9 cm³/mol. The molecule has 0 fully saturated rings. The number of benzene rings is 1. The highest BCUT2D eigenvalue weighted by Gasteiger charge is 2.15. The summed E-state index contributed by atoms with van der Waals surface area (Å²) >= 11 is 0. The van der Waals surface area contributed by atoms with Crippen molar-refractivity contribution in [1.82, 2.24) is 9.97 Å². The van der Waals surface area contributed by atoms with Crippen LogP contribution in [-0.2, 0) is 0 Å². The molecule has 0 amide bonds. The second kappa shape index (κ2) is 5.73. The van der Waals surface area contributed by atoms with Gasteiger partial charge in [0.05, 0.1) is 11.3 Å². The quantitative estimate of drug-likeness (QED) is 0.916. The maximum absolute atomic E-state index is 14.0. The van der Waals surface area contributed by atoms with Gasteiger partial charge in [0.25, 0.3) is 0 Å². The van der Waals surface area contributed by atoms with Crippen LogP contribution in [-0.4, -0.2) is 16.5 Å². The van der Waals surface area contributed by atoms with Gasteiger partial charge in [-0.05, 0) is 31.0 Å². The molecule has 0 spiro atoms. The van der Waals surface area contributed by atoms with Crippen molar-refractivity contribution in [1.29, 1.82) is 0 Å². The summed E-state index contributed by atoms with van der Waals surface area (Å²) < 4.78 is 27.8. The minimum absolute atomic E-state index is 0.109. The highest BCUT2D eigenvalue weighted by atomic mass is 19.1. The maximum atomic E-state index is 14.0. The van der Waals surface area contributed by atoms with Crippen LogP contribution in [0.2, 0.25) is 0 Å². The third kappa shape index (κ3) is 2.86. The average Bonchev–Trinajstić information content (AvgIpc) is 2.42. The fourth-order valence-electron chi connectivity index (χ4n) is 1.71. The number of rotatable bonds is 4. The van der Waals surface area contributed by atoms with Gasteiger partial charge in [0.15, 0.2) is 0 Å². The number of hydrogen-bond acceptors (Lipinski definition) is 3. The normalized spacial score (nSPS) is 10.5. The first-order valence-corrected chi connectivity index (χ1v) is 6.15. The number of nitrogens with zero attached hydrogens (tertiary/aromatic N) is 2. The van der Waals surface area contributed by atoms with Crippen LogP contribution in [0.3, 0.4) is 0 Å². The molecule has 1 aromatic heterocycles. The van der Waals surface area contributed by atoms with Gasteiger partial charge in [-0.1, -0.05) is 13.0 Å². The maximum Gasteiger partial charge on any atom is 0.223 e. The fraction of sp³-hybridized carbons (Fsp3) is 0.286. The van der Waals surface area contributed by atoms with E-state index in [0.29, 0.717) is 18.1 Å². The topological polar surface area (TPSA) is 37.8 Å². The van der Waals surface area contributed by atoms with Crippen LogP contribution >= 0.6 is 0 Å². The molecule has 0 radical (unpaired) electrons. The molecule has 0 aliphatic rings. The van der Waals surface area contributed by atoms with E-state index in [2.05, 4.69) is 15.3 Å². The molecule has 3 nitrogen and oxygen atoms in total. The smallest absolute Gasteiger partial charge is 0.223 e. The minimum Gasteiger partial charge on any atom is -0.354 e. The minimum atomic E-state index is -0.622. The molecular formula is C14H15F2N3. The van der Waals surface area contributed by atoms with Crippen molar-refractivity contribution in [2.45, 2.75) is 20.3 Å². The number of aromatic nitrogens is 2. The molecule has 2 aromatic rings. The van der Waals surface area contributed by atoms with Crippen LogP contribution in [0.5, 0.6) is 0 Å². The summed E-state index contributed by atoms with van der Waals surface area (Å²) in [6, 6.07) is 4.15. The first kappa shape index (κ1) is 13.4. The standard InChI is InChI=1S/C14H15F2N3/c1-3-7-17-14-18-8-6-11(19-14)12-10(15)5-4-9(2)13(12)16/h4-6,8H,3,7H2,1-2H3,(H,17,18,19). The van der Waals surface area contributed by atoms with Crippen LogP contribution in [0.1, 0.15) is 18.9 Å². The van der Waals surface area contributed by atoms with E-state index in [0.717, 1.165) is 6.42 Å². The lowest BCUT2D eigenvalue weighted by Crippen LogP contribution is -2.05. The SMILES string of the molecule is CCCNc1nccc(-c2c(F)ccc(C)c2F)n1. The lowest BCUT2D eigenvalue weighted by molar-refractivity contribution is 0.583. The second-order valence-electron chi connectivity index (χ2n) is 4.25. The molecule has 0 bridgehead atoms. The molecule has 19 heavy (non-hydrogen) atoms. The summed E-state index contributed by atoms with van der Waals surface area (Å²) in [7, 11) is 0. The van der Waals surface area contributed by atoms with E-state index in [1.54, 1.807) is 6.92 Å². The highest BCUT2D eigenvalue weighted by Crippen LogP contribution is 2.26. The molecular weight excluding hydrogens is 248 g/mol. The van der Waals surface area contributed by atoms with Gasteiger partial charge in [0.2, 0.25) is 5.95 Å². The van der Waals surface area contributed by atoms with Crippen LogP contribution in [0.15, 0.2) is 24.4 Å². The summed E-state index contributed by atoms with van der Waals surface area (Å²) in [6.07, 6.45) is 2.41. The van der Waals surface area contributed by atoms with Gasteiger partial charge < -0.3 is 5.32 Å². The Kier molecular flexibility index (Phi) is 4.04. The molecule has 5 heteroatoms. The number of halogens is 2. The molecule has 1 aromatic carbocycles. The fourth-order valence-corrected chi connectivity index (χ4v) is 1.71. The van der Waals surface area contributed by atoms with Gasteiger partial charge in [0, 0.05) is 12.7 Å². The molecule has 100 valence electrons. The Balaban J connectivity index is 2.44. The Morgan fingerprint density at radius 1 is 1.21 bits per heavy atom. The Labute approximate surface area is 110 Å². The Morgan fingerprint density at radius 3 is 2.74 bits per heavy atom. The molecule has 0 atom stereocenters. The van der Waals surface area contributed by atoms with E-state index in [-0.39, 0.29) is 11.3 Å². The van der Waals surface area contributed by atoms with Crippen LogP contribution in [0, 0.1) is 18.6 Å². The molecule has 1 heterocycles. The van der Waals surface area contributed by atoms with Crippen molar-refractivity contribution in [2.75, 3.05) is 11.9 Å². The Hall–Kier alpha value is -2.04. The Bertz CT molecular complexity index is 585. The first-order valence-electron chi connectivity index (χ1n) is 6.15. The van der Waals surface area contributed by atoms with Crippen molar-refractivity contribution in [2.24, 2.45) is 0 Å². The van der Waals surface area contributed by atoms with Crippen molar-refractivity contribution in [3.63, 3.8) is 0 Å². The molecule has 0 aliphatic carbocycles. The van der Waals surface area contributed by atoms with E-state index in [4.69, 9.17) is 0 Å².